The number of Topliss-reactive ketones (excluding diaryl/α,β-unsaturated/α-hetero) is 1. The fraction of sp³-hybridized carbons (Fsp3) is 0.467. The first kappa shape index (κ1) is 25.3. The fourth-order valence-electron chi connectivity index (χ4n) is 6.55. The average Bonchev–Trinajstić information content (AvgIpc) is 3.43. The topological polar surface area (TPSA) is 77.1 Å². The third-order valence-electron chi connectivity index (χ3n) is 8.42. The summed E-state index contributed by atoms with van der Waals surface area (Å²) in [6.45, 7) is 4.32. The summed E-state index contributed by atoms with van der Waals surface area (Å²) in [4.78, 5) is 29.3. The summed E-state index contributed by atoms with van der Waals surface area (Å²) in [6.07, 6.45) is 4.63. The molecular weight excluding hydrogens is 468 g/mol. The number of carbonyl (C=O) groups excluding carboxylic acids is 2. The molecule has 2 fully saturated rings. The van der Waals surface area contributed by atoms with Crippen LogP contribution in [0.15, 0.2) is 60.4 Å². The number of nitrogens with zero attached hydrogens (tertiary/aromatic N) is 1. The van der Waals surface area contributed by atoms with Crippen LogP contribution in [0.4, 0.5) is 5.69 Å². The Balaban J connectivity index is 1.40. The maximum atomic E-state index is 14.2. The molecular formula is C30H36N2O5. The molecule has 7 heteroatoms. The lowest BCUT2D eigenvalue weighted by atomic mass is 9.72. The maximum Gasteiger partial charge on any atom is 0.337 e. The zero-order valence-electron chi connectivity index (χ0n) is 21.9. The second-order valence-corrected chi connectivity index (χ2v) is 10.3. The van der Waals surface area contributed by atoms with E-state index in [1.165, 1.54) is 18.9 Å². The summed E-state index contributed by atoms with van der Waals surface area (Å²) in [5.41, 5.74) is 2.50. The van der Waals surface area contributed by atoms with Gasteiger partial charge in [-0.05, 0) is 42.4 Å². The molecule has 7 nitrogen and oxygen atoms in total. The standard InChI is InChI=1S/C30H36N2O5/c1-4-21-18-32-15-14-30(26(32)17-22(21)23(19-35-2)29(34)36-3)28(33)27-24(31-30)11-8-12-25(27)37-16-13-20-9-6-5-7-10-20/h5-12,19,21-22,26,31H,4,13-18H2,1-3H3/b23-19+/t21-,22+,26+,30+/m1/s1. The molecule has 0 saturated carbocycles. The van der Waals surface area contributed by atoms with Crippen molar-refractivity contribution >= 4 is 17.4 Å². The van der Waals surface area contributed by atoms with E-state index in [0.717, 1.165) is 38.0 Å². The van der Waals surface area contributed by atoms with Crippen LogP contribution in [0.2, 0.25) is 0 Å². The van der Waals surface area contributed by atoms with E-state index in [-0.39, 0.29) is 29.6 Å². The lowest BCUT2D eigenvalue weighted by Crippen LogP contribution is -2.57. The van der Waals surface area contributed by atoms with E-state index in [0.29, 0.717) is 29.9 Å². The van der Waals surface area contributed by atoms with Crippen LogP contribution in [-0.2, 0) is 20.7 Å². The van der Waals surface area contributed by atoms with Gasteiger partial charge in [0.15, 0.2) is 5.78 Å². The van der Waals surface area contributed by atoms with Gasteiger partial charge in [0.1, 0.15) is 11.3 Å². The van der Waals surface area contributed by atoms with Crippen molar-refractivity contribution < 1.29 is 23.8 Å². The highest BCUT2D eigenvalue weighted by Gasteiger charge is 2.59. The highest BCUT2D eigenvalue weighted by Crippen LogP contribution is 2.50. The number of hydrogen-bond donors (Lipinski definition) is 1. The van der Waals surface area contributed by atoms with E-state index in [2.05, 4.69) is 29.3 Å². The van der Waals surface area contributed by atoms with E-state index in [9.17, 15) is 9.59 Å². The predicted molar refractivity (Wildman–Crippen MR) is 142 cm³/mol. The van der Waals surface area contributed by atoms with Gasteiger partial charge in [0.2, 0.25) is 0 Å². The number of nitrogens with one attached hydrogen (secondary N) is 1. The lowest BCUT2D eigenvalue weighted by molar-refractivity contribution is -0.137. The second kappa shape index (κ2) is 10.6. The summed E-state index contributed by atoms with van der Waals surface area (Å²) in [6, 6.07) is 16.0. The zero-order chi connectivity index (χ0) is 26.0. The molecule has 0 aromatic heterocycles. The SMILES string of the molecule is CC[C@@H]1CN2CC[C@]3(Nc4cccc(OCCc5ccccc5)c4C3=O)[C@@H]2C[C@@H]1/C(=C\OC)C(=O)OC. The number of benzene rings is 2. The van der Waals surface area contributed by atoms with Gasteiger partial charge in [-0.3, -0.25) is 9.69 Å². The van der Waals surface area contributed by atoms with Crippen LogP contribution in [0, 0.1) is 11.8 Å². The largest absolute Gasteiger partial charge is 0.504 e. The van der Waals surface area contributed by atoms with E-state index < -0.39 is 5.54 Å². The van der Waals surface area contributed by atoms with E-state index in [1.54, 1.807) is 7.11 Å². The molecule has 0 bridgehead atoms. The summed E-state index contributed by atoms with van der Waals surface area (Å²) in [5.74, 6) is 0.592. The second-order valence-electron chi connectivity index (χ2n) is 10.3. The van der Waals surface area contributed by atoms with Gasteiger partial charge in [0.05, 0.1) is 38.2 Å². The van der Waals surface area contributed by atoms with Crippen molar-refractivity contribution in [1.29, 1.82) is 0 Å². The van der Waals surface area contributed by atoms with Gasteiger partial charge in [-0.2, -0.15) is 0 Å². The minimum Gasteiger partial charge on any atom is -0.504 e. The van der Waals surface area contributed by atoms with Gasteiger partial charge < -0.3 is 19.5 Å². The highest BCUT2D eigenvalue weighted by molar-refractivity contribution is 6.16. The Labute approximate surface area is 218 Å². The summed E-state index contributed by atoms with van der Waals surface area (Å²) >= 11 is 0. The van der Waals surface area contributed by atoms with Crippen LogP contribution >= 0.6 is 0 Å². The molecule has 0 amide bonds. The molecule has 2 saturated heterocycles. The molecule has 2 aromatic carbocycles. The minimum atomic E-state index is -0.730. The van der Waals surface area contributed by atoms with Crippen LogP contribution in [-0.4, -0.2) is 62.1 Å². The monoisotopic (exact) mass is 504 g/mol. The van der Waals surface area contributed by atoms with Gasteiger partial charge in [-0.25, -0.2) is 4.79 Å². The van der Waals surface area contributed by atoms with E-state index in [4.69, 9.17) is 14.2 Å². The molecule has 0 unspecified atom stereocenters. The van der Waals surface area contributed by atoms with Crippen LogP contribution < -0.4 is 10.1 Å². The van der Waals surface area contributed by atoms with Crippen molar-refractivity contribution in [2.75, 3.05) is 39.2 Å². The molecule has 1 N–H and O–H groups in total. The first-order valence-corrected chi connectivity index (χ1v) is 13.2. The Morgan fingerprint density at radius 2 is 1.97 bits per heavy atom. The number of ether oxygens (including phenoxy) is 3. The number of piperidine rings is 1. The molecule has 37 heavy (non-hydrogen) atoms. The quantitative estimate of drug-likeness (QED) is 0.323. The lowest BCUT2D eigenvalue weighted by Gasteiger charge is -2.45. The van der Waals surface area contributed by atoms with Crippen molar-refractivity contribution in [2.45, 2.75) is 44.2 Å². The molecule has 3 aliphatic heterocycles. The summed E-state index contributed by atoms with van der Waals surface area (Å²) < 4.78 is 16.6. The first-order chi connectivity index (χ1) is 18.0. The Morgan fingerprint density at radius 3 is 2.70 bits per heavy atom. The molecule has 196 valence electrons. The molecule has 4 atom stereocenters. The van der Waals surface area contributed by atoms with Crippen LogP contribution in [0.3, 0.4) is 0 Å². The average molecular weight is 505 g/mol. The summed E-state index contributed by atoms with van der Waals surface area (Å²) in [5, 5.41) is 3.64. The van der Waals surface area contributed by atoms with Gasteiger partial charge in [-0.15, -0.1) is 0 Å². The van der Waals surface area contributed by atoms with Crippen molar-refractivity contribution in [3.63, 3.8) is 0 Å². The van der Waals surface area contributed by atoms with Crippen molar-refractivity contribution in [2.24, 2.45) is 11.8 Å². The number of rotatable bonds is 8. The van der Waals surface area contributed by atoms with Gasteiger partial charge in [-0.1, -0.05) is 49.7 Å². The van der Waals surface area contributed by atoms with E-state index >= 15 is 0 Å². The summed E-state index contributed by atoms with van der Waals surface area (Å²) in [7, 11) is 2.95. The van der Waals surface area contributed by atoms with Gasteiger partial charge in [0, 0.05) is 31.2 Å². The van der Waals surface area contributed by atoms with E-state index in [1.807, 2.05) is 36.4 Å². The number of anilines is 1. The molecule has 2 aromatic rings. The molecule has 1 spiro atoms. The minimum absolute atomic E-state index is 0.0396. The van der Waals surface area contributed by atoms with Crippen molar-refractivity contribution in [1.82, 2.24) is 4.90 Å². The van der Waals surface area contributed by atoms with Gasteiger partial charge >= 0.3 is 5.97 Å². The number of ketones is 1. The van der Waals surface area contributed by atoms with Gasteiger partial charge in [0.25, 0.3) is 0 Å². The number of methoxy groups -OCH3 is 2. The Bertz CT molecular complexity index is 1180. The predicted octanol–water partition coefficient (Wildman–Crippen LogP) is 4.48. The first-order valence-electron chi connectivity index (χ1n) is 13.2. The molecule has 5 rings (SSSR count). The smallest absolute Gasteiger partial charge is 0.337 e. The van der Waals surface area contributed by atoms with Crippen LogP contribution in [0.5, 0.6) is 5.75 Å². The van der Waals surface area contributed by atoms with Crippen molar-refractivity contribution in [3.05, 3.63) is 71.5 Å². The van der Waals surface area contributed by atoms with Crippen LogP contribution in [0.25, 0.3) is 0 Å². The maximum absolute atomic E-state index is 14.2. The zero-order valence-corrected chi connectivity index (χ0v) is 21.9. The molecule has 3 heterocycles. The number of carbonyl (C=O) groups is 2. The Kier molecular flexibility index (Phi) is 7.24. The molecule has 0 radical (unpaired) electrons. The molecule has 0 aliphatic carbocycles. The fourth-order valence-corrected chi connectivity index (χ4v) is 6.55. The Hall–Kier alpha value is -3.32. The third kappa shape index (κ3) is 4.50. The highest BCUT2D eigenvalue weighted by atomic mass is 16.5. The number of fused-ring (bicyclic) bond motifs is 3. The normalized spacial score (nSPS) is 26.9. The third-order valence-corrected chi connectivity index (χ3v) is 8.42. The molecule has 3 aliphatic rings. The number of hydrogen-bond acceptors (Lipinski definition) is 7. The Morgan fingerprint density at radius 1 is 1.16 bits per heavy atom. The number of esters is 1. The van der Waals surface area contributed by atoms with Crippen LogP contribution in [0.1, 0.15) is 42.1 Å². The van der Waals surface area contributed by atoms with Crippen molar-refractivity contribution in [3.8, 4) is 5.75 Å².